The molecule has 1 aliphatic rings. The van der Waals surface area contributed by atoms with Crippen LogP contribution in [0.4, 0.5) is 11.4 Å². The highest BCUT2D eigenvalue weighted by Crippen LogP contribution is 2.30. The molecule has 21 heavy (non-hydrogen) atoms. The fourth-order valence-corrected chi connectivity index (χ4v) is 2.39. The van der Waals surface area contributed by atoms with Crippen molar-refractivity contribution in [1.29, 1.82) is 0 Å². The molecule has 0 radical (unpaired) electrons. The molecule has 110 valence electrons. The van der Waals surface area contributed by atoms with Crippen molar-refractivity contribution >= 4 is 17.3 Å². The van der Waals surface area contributed by atoms with Gasteiger partial charge in [0.2, 0.25) is 0 Å². The van der Waals surface area contributed by atoms with Gasteiger partial charge in [-0.1, -0.05) is 6.92 Å². The van der Waals surface area contributed by atoms with Crippen molar-refractivity contribution in [2.45, 2.75) is 26.4 Å². The third kappa shape index (κ3) is 3.18. The summed E-state index contributed by atoms with van der Waals surface area (Å²) in [6.07, 6.45) is 5.38. The number of carbonyl (C=O) groups excluding carboxylic acids is 1. The predicted molar refractivity (Wildman–Crippen MR) is 82.6 cm³/mol. The number of ether oxygens (including phenoxy) is 1. The first-order chi connectivity index (χ1) is 10.2. The number of hydrogen-bond acceptors (Lipinski definition) is 3. The smallest absolute Gasteiger partial charge is 0.262 e. The van der Waals surface area contributed by atoms with E-state index in [1.165, 1.54) is 5.56 Å². The van der Waals surface area contributed by atoms with E-state index < -0.39 is 0 Å². The minimum Gasteiger partial charge on any atom is -0.482 e. The summed E-state index contributed by atoms with van der Waals surface area (Å²) in [4.78, 5) is 11.3. The van der Waals surface area contributed by atoms with Gasteiger partial charge in [0.1, 0.15) is 5.75 Å². The molecule has 3 rings (SSSR count). The molecular weight excluding hydrogens is 266 g/mol. The Bertz CT molecular complexity index is 649. The summed E-state index contributed by atoms with van der Waals surface area (Å²) < 4.78 is 7.53. The van der Waals surface area contributed by atoms with E-state index in [4.69, 9.17) is 4.74 Å². The lowest BCUT2D eigenvalue weighted by molar-refractivity contribution is -0.118. The van der Waals surface area contributed by atoms with E-state index in [1.807, 2.05) is 18.2 Å². The van der Waals surface area contributed by atoms with E-state index in [9.17, 15) is 4.79 Å². The molecule has 0 spiro atoms. The highest BCUT2D eigenvalue weighted by molar-refractivity contribution is 5.96. The Hall–Kier alpha value is -2.43. The molecule has 2 aromatic rings. The summed E-state index contributed by atoms with van der Waals surface area (Å²) in [5, 5.41) is 6.17. The number of fused-ring (bicyclic) bond motifs is 1. The Balaban J connectivity index is 1.65. The average Bonchev–Trinajstić information content (AvgIpc) is 2.93. The molecule has 0 saturated heterocycles. The lowest BCUT2D eigenvalue weighted by Gasteiger charge is -2.18. The molecule has 5 nitrogen and oxygen atoms in total. The second-order valence-electron chi connectivity index (χ2n) is 5.16. The van der Waals surface area contributed by atoms with Gasteiger partial charge in [-0.3, -0.25) is 4.79 Å². The van der Waals surface area contributed by atoms with E-state index >= 15 is 0 Å². The number of amides is 1. The van der Waals surface area contributed by atoms with Crippen molar-refractivity contribution in [2.75, 3.05) is 17.2 Å². The molecule has 0 atom stereocenters. The third-order valence-corrected chi connectivity index (χ3v) is 3.40. The molecule has 5 heteroatoms. The normalized spacial score (nSPS) is 13.3. The number of nitrogens with zero attached hydrogens (tertiary/aromatic N) is 1. The first-order valence-electron chi connectivity index (χ1n) is 7.20. The predicted octanol–water partition coefficient (Wildman–Crippen LogP) is 2.84. The van der Waals surface area contributed by atoms with Crippen molar-refractivity contribution in [3.8, 4) is 5.75 Å². The zero-order chi connectivity index (χ0) is 14.7. The maximum atomic E-state index is 11.3. The van der Waals surface area contributed by atoms with Gasteiger partial charge in [0.25, 0.3) is 5.91 Å². The molecule has 0 unspecified atom stereocenters. The second kappa shape index (κ2) is 5.91. The maximum absolute atomic E-state index is 11.3. The topological polar surface area (TPSA) is 55.3 Å². The van der Waals surface area contributed by atoms with Crippen LogP contribution in [0.3, 0.4) is 0 Å². The monoisotopic (exact) mass is 285 g/mol. The van der Waals surface area contributed by atoms with Gasteiger partial charge in [0.15, 0.2) is 6.61 Å². The number of rotatable bonds is 5. The van der Waals surface area contributed by atoms with Gasteiger partial charge in [-0.2, -0.15) is 0 Å². The van der Waals surface area contributed by atoms with Gasteiger partial charge in [-0.25, -0.2) is 0 Å². The highest BCUT2D eigenvalue weighted by atomic mass is 16.5. The van der Waals surface area contributed by atoms with Crippen molar-refractivity contribution < 1.29 is 9.53 Å². The fraction of sp³-hybridized carbons (Fsp3) is 0.312. The van der Waals surface area contributed by atoms with E-state index in [0.29, 0.717) is 5.75 Å². The second-order valence-corrected chi connectivity index (χ2v) is 5.16. The highest BCUT2D eigenvalue weighted by Gasteiger charge is 2.15. The number of benzene rings is 1. The van der Waals surface area contributed by atoms with Crippen LogP contribution >= 0.6 is 0 Å². The van der Waals surface area contributed by atoms with E-state index in [-0.39, 0.29) is 12.5 Å². The summed E-state index contributed by atoms with van der Waals surface area (Å²) in [7, 11) is 0. The lowest BCUT2D eigenvalue weighted by Crippen LogP contribution is -2.25. The zero-order valence-corrected chi connectivity index (χ0v) is 12.1. The Morgan fingerprint density at radius 3 is 3.14 bits per heavy atom. The quantitative estimate of drug-likeness (QED) is 0.888. The summed E-state index contributed by atoms with van der Waals surface area (Å²) >= 11 is 0. The molecule has 0 bridgehead atoms. The largest absolute Gasteiger partial charge is 0.482 e. The molecule has 0 aliphatic carbocycles. The van der Waals surface area contributed by atoms with Crippen LogP contribution in [0.15, 0.2) is 36.7 Å². The molecule has 1 aliphatic heterocycles. The Morgan fingerprint density at radius 2 is 2.29 bits per heavy atom. The van der Waals surface area contributed by atoms with Gasteiger partial charge in [0.05, 0.1) is 5.69 Å². The summed E-state index contributed by atoms with van der Waals surface area (Å²) in [6.45, 7) is 4.05. The number of aryl methyl sites for hydroxylation is 1. The number of carbonyl (C=O) groups is 1. The van der Waals surface area contributed by atoms with Crippen molar-refractivity contribution in [3.63, 3.8) is 0 Å². The molecular formula is C16H19N3O2. The van der Waals surface area contributed by atoms with E-state index in [0.717, 1.165) is 30.9 Å². The molecule has 0 fully saturated rings. The molecule has 2 heterocycles. The molecule has 1 aromatic carbocycles. The number of anilines is 2. The Morgan fingerprint density at radius 1 is 1.38 bits per heavy atom. The molecule has 2 N–H and O–H groups in total. The van der Waals surface area contributed by atoms with Crippen LogP contribution in [-0.4, -0.2) is 17.1 Å². The van der Waals surface area contributed by atoms with Gasteiger partial charge >= 0.3 is 0 Å². The van der Waals surface area contributed by atoms with Crippen LogP contribution in [0.2, 0.25) is 0 Å². The van der Waals surface area contributed by atoms with Crippen molar-refractivity contribution in [3.05, 3.63) is 42.2 Å². The molecule has 0 saturated carbocycles. The van der Waals surface area contributed by atoms with Crippen molar-refractivity contribution in [1.82, 2.24) is 4.57 Å². The minimum atomic E-state index is -0.115. The first-order valence-corrected chi connectivity index (χ1v) is 7.20. The standard InChI is InChI=1S/C16H19N3O2/c1-2-6-19-7-5-12(10-19)9-17-13-3-4-15-14(8-13)18-16(20)11-21-15/h3-5,7-8,10,17H,2,6,9,11H2,1H3,(H,18,20). The Kier molecular flexibility index (Phi) is 3.81. The fourth-order valence-electron chi connectivity index (χ4n) is 2.39. The molecule has 1 amide bonds. The summed E-state index contributed by atoms with van der Waals surface area (Å²) in [5.74, 6) is 0.602. The van der Waals surface area contributed by atoms with E-state index in [1.54, 1.807) is 0 Å². The average molecular weight is 285 g/mol. The van der Waals surface area contributed by atoms with Crippen LogP contribution in [-0.2, 0) is 17.9 Å². The summed E-state index contributed by atoms with van der Waals surface area (Å²) in [5.41, 5.74) is 2.92. The van der Waals surface area contributed by atoms with Gasteiger partial charge in [0, 0.05) is 31.2 Å². The van der Waals surface area contributed by atoms with E-state index in [2.05, 4.69) is 40.6 Å². The number of hydrogen-bond donors (Lipinski definition) is 2. The van der Waals surface area contributed by atoms with Gasteiger partial charge < -0.3 is 19.9 Å². The van der Waals surface area contributed by atoms with Crippen LogP contribution in [0, 0.1) is 0 Å². The SMILES string of the molecule is CCCn1ccc(CNc2ccc3c(c2)NC(=O)CO3)c1. The van der Waals surface area contributed by atoms with Crippen LogP contribution < -0.4 is 15.4 Å². The lowest BCUT2D eigenvalue weighted by atomic mass is 10.2. The summed E-state index contributed by atoms with van der Waals surface area (Å²) in [6, 6.07) is 7.85. The minimum absolute atomic E-state index is 0.0880. The molecule has 1 aromatic heterocycles. The number of aromatic nitrogens is 1. The number of nitrogens with one attached hydrogen (secondary N) is 2. The van der Waals surface area contributed by atoms with Crippen LogP contribution in [0.25, 0.3) is 0 Å². The van der Waals surface area contributed by atoms with Crippen LogP contribution in [0.5, 0.6) is 5.75 Å². The zero-order valence-electron chi connectivity index (χ0n) is 12.1. The van der Waals surface area contributed by atoms with Gasteiger partial charge in [-0.15, -0.1) is 0 Å². The third-order valence-electron chi connectivity index (χ3n) is 3.40. The Labute approximate surface area is 123 Å². The maximum Gasteiger partial charge on any atom is 0.262 e. The van der Waals surface area contributed by atoms with Gasteiger partial charge in [-0.05, 0) is 36.2 Å². The van der Waals surface area contributed by atoms with Crippen molar-refractivity contribution in [2.24, 2.45) is 0 Å². The first kappa shape index (κ1) is 13.5. The van der Waals surface area contributed by atoms with Crippen LogP contribution in [0.1, 0.15) is 18.9 Å².